The second kappa shape index (κ2) is 7.93. The van der Waals surface area contributed by atoms with E-state index in [-0.39, 0.29) is 18.7 Å². The van der Waals surface area contributed by atoms with Crippen LogP contribution in [-0.2, 0) is 9.59 Å². The average Bonchev–Trinajstić information content (AvgIpc) is 2.41. The van der Waals surface area contributed by atoms with E-state index in [1.54, 1.807) is 24.3 Å². The van der Waals surface area contributed by atoms with E-state index in [0.717, 1.165) is 6.42 Å². The van der Waals surface area contributed by atoms with Gasteiger partial charge in [-0.15, -0.1) is 0 Å². The molecule has 0 aliphatic rings. The fourth-order valence-corrected chi connectivity index (χ4v) is 1.67. The van der Waals surface area contributed by atoms with Crippen molar-refractivity contribution in [2.75, 3.05) is 5.32 Å². The van der Waals surface area contributed by atoms with E-state index < -0.39 is 5.97 Å². The molecule has 6 nitrogen and oxygen atoms in total. The number of benzene rings is 1. The molecule has 0 atom stereocenters. The zero-order valence-electron chi connectivity index (χ0n) is 11.3. The minimum Gasteiger partial charge on any atom is -0.481 e. The number of hydrogen-bond acceptors (Lipinski definition) is 4. The highest BCUT2D eigenvalue weighted by Gasteiger charge is 2.08. The van der Waals surface area contributed by atoms with Gasteiger partial charge in [-0.3, -0.25) is 9.59 Å². The number of carboxylic acids is 1. The molecule has 0 aliphatic carbocycles. The molecule has 0 saturated carbocycles. The second-order valence-electron chi connectivity index (χ2n) is 4.32. The molecule has 0 fully saturated rings. The molecule has 0 spiro atoms. The Labute approximate surface area is 117 Å². The predicted molar refractivity (Wildman–Crippen MR) is 75.2 cm³/mol. The molecule has 0 aromatic heterocycles. The van der Waals surface area contributed by atoms with Crippen LogP contribution in [0.2, 0.25) is 0 Å². The minimum atomic E-state index is -0.949. The molecule has 108 valence electrons. The van der Waals surface area contributed by atoms with Crippen LogP contribution in [-0.4, -0.2) is 27.9 Å². The Kier molecular flexibility index (Phi) is 6.22. The van der Waals surface area contributed by atoms with Crippen molar-refractivity contribution >= 4 is 23.3 Å². The van der Waals surface area contributed by atoms with E-state index >= 15 is 0 Å². The maximum atomic E-state index is 11.4. The van der Waals surface area contributed by atoms with Gasteiger partial charge >= 0.3 is 5.97 Å². The van der Waals surface area contributed by atoms with Crippen LogP contribution in [0.3, 0.4) is 0 Å². The summed E-state index contributed by atoms with van der Waals surface area (Å²) in [4.78, 5) is 21.9. The molecule has 1 aromatic carbocycles. The lowest BCUT2D eigenvalue weighted by atomic mass is 10.1. The van der Waals surface area contributed by atoms with Gasteiger partial charge < -0.3 is 15.6 Å². The summed E-state index contributed by atoms with van der Waals surface area (Å²) in [6.45, 7) is 1.93. The Hall–Kier alpha value is -2.37. The molecule has 1 amide bonds. The summed E-state index contributed by atoms with van der Waals surface area (Å²) in [5.41, 5.74) is 1.59. The van der Waals surface area contributed by atoms with E-state index in [9.17, 15) is 9.59 Å². The highest BCUT2D eigenvalue weighted by molar-refractivity contribution is 6.01. The van der Waals surface area contributed by atoms with Gasteiger partial charge in [-0.1, -0.05) is 24.2 Å². The van der Waals surface area contributed by atoms with Crippen molar-refractivity contribution in [3.8, 4) is 0 Å². The third kappa shape index (κ3) is 5.09. The quantitative estimate of drug-likeness (QED) is 0.405. The molecule has 0 unspecified atom stereocenters. The third-order valence-corrected chi connectivity index (χ3v) is 2.68. The van der Waals surface area contributed by atoms with Crippen LogP contribution in [0.15, 0.2) is 29.4 Å². The van der Waals surface area contributed by atoms with Crippen LogP contribution in [0, 0.1) is 0 Å². The SMILES string of the molecule is CCCC(=O)Nc1ccc(/C(CCC(=O)O)=N/O)cc1. The minimum absolute atomic E-state index is 0.0535. The number of nitrogens with zero attached hydrogens (tertiary/aromatic N) is 1. The molecule has 0 bridgehead atoms. The first-order valence-corrected chi connectivity index (χ1v) is 6.39. The Morgan fingerprint density at radius 3 is 2.30 bits per heavy atom. The Bertz CT molecular complexity index is 494. The molecule has 1 aromatic rings. The first-order chi connectivity index (χ1) is 9.56. The Morgan fingerprint density at radius 1 is 1.15 bits per heavy atom. The van der Waals surface area contributed by atoms with Crippen LogP contribution >= 0.6 is 0 Å². The Balaban J connectivity index is 2.69. The number of aliphatic carboxylic acids is 1. The monoisotopic (exact) mass is 278 g/mol. The van der Waals surface area contributed by atoms with Crippen molar-refractivity contribution in [2.45, 2.75) is 32.6 Å². The molecular formula is C14H18N2O4. The number of nitrogens with one attached hydrogen (secondary N) is 1. The lowest BCUT2D eigenvalue weighted by molar-refractivity contribution is -0.136. The van der Waals surface area contributed by atoms with E-state index in [0.29, 0.717) is 23.4 Å². The fourth-order valence-electron chi connectivity index (χ4n) is 1.67. The van der Waals surface area contributed by atoms with Crippen molar-refractivity contribution in [1.82, 2.24) is 0 Å². The normalized spacial score (nSPS) is 11.2. The topological polar surface area (TPSA) is 99.0 Å². The summed E-state index contributed by atoms with van der Waals surface area (Å²) in [5.74, 6) is -1.00. The van der Waals surface area contributed by atoms with E-state index in [2.05, 4.69) is 10.5 Å². The molecule has 0 radical (unpaired) electrons. The van der Waals surface area contributed by atoms with E-state index in [1.165, 1.54) is 0 Å². The van der Waals surface area contributed by atoms with Gasteiger partial charge in [0.15, 0.2) is 0 Å². The van der Waals surface area contributed by atoms with Crippen LogP contribution in [0.1, 0.15) is 38.2 Å². The maximum Gasteiger partial charge on any atom is 0.303 e. The number of carbonyl (C=O) groups excluding carboxylic acids is 1. The van der Waals surface area contributed by atoms with Crippen LogP contribution < -0.4 is 5.32 Å². The van der Waals surface area contributed by atoms with Crippen molar-refractivity contribution in [2.24, 2.45) is 5.16 Å². The first-order valence-electron chi connectivity index (χ1n) is 6.39. The van der Waals surface area contributed by atoms with Gasteiger partial charge in [-0.2, -0.15) is 0 Å². The number of carbonyl (C=O) groups is 2. The predicted octanol–water partition coefficient (Wildman–Crippen LogP) is 2.47. The summed E-state index contributed by atoms with van der Waals surface area (Å²) in [6, 6.07) is 6.74. The summed E-state index contributed by atoms with van der Waals surface area (Å²) < 4.78 is 0. The number of carboxylic acid groups (broad SMARTS) is 1. The summed E-state index contributed by atoms with van der Waals surface area (Å²) in [6.07, 6.45) is 1.28. The molecule has 6 heteroatoms. The highest BCUT2D eigenvalue weighted by atomic mass is 16.4. The van der Waals surface area contributed by atoms with Gasteiger partial charge in [0, 0.05) is 18.5 Å². The van der Waals surface area contributed by atoms with Crippen molar-refractivity contribution in [3.63, 3.8) is 0 Å². The standard InChI is InChI=1S/C14H18N2O4/c1-2-3-13(17)15-11-6-4-10(5-7-11)12(16-20)8-9-14(18)19/h4-7,20H,2-3,8-9H2,1H3,(H,15,17)(H,18,19)/b16-12+. The summed E-state index contributed by atoms with van der Waals surface area (Å²) in [5, 5.41) is 23.4. The average molecular weight is 278 g/mol. The molecule has 20 heavy (non-hydrogen) atoms. The summed E-state index contributed by atoms with van der Waals surface area (Å²) >= 11 is 0. The van der Waals surface area contributed by atoms with Gasteiger partial charge in [0.2, 0.25) is 5.91 Å². The number of oxime groups is 1. The molecule has 3 N–H and O–H groups in total. The molecule has 0 heterocycles. The van der Waals surface area contributed by atoms with Crippen molar-refractivity contribution in [3.05, 3.63) is 29.8 Å². The highest BCUT2D eigenvalue weighted by Crippen LogP contribution is 2.13. The lowest BCUT2D eigenvalue weighted by Gasteiger charge is -2.07. The van der Waals surface area contributed by atoms with Gasteiger partial charge in [-0.05, 0) is 24.1 Å². The molecule has 0 aliphatic heterocycles. The number of amides is 1. The van der Waals surface area contributed by atoms with Gasteiger partial charge in [-0.25, -0.2) is 0 Å². The molecule has 1 rings (SSSR count). The second-order valence-corrected chi connectivity index (χ2v) is 4.32. The van der Waals surface area contributed by atoms with Gasteiger partial charge in [0.25, 0.3) is 0 Å². The van der Waals surface area contributed by atoms with Crippen LogP contribution in [0.5, 0.6) is 0 Å². The number of anilines is 1. The summed E-state index contributed by atoms with van der Waals surface area (Å²) in [7, 11) is 0. The number of rotatable bonds is 7. The van der Waals surface area contributed by atoms with Gasteiger partial charge in [0.1, 0.15) is 0 Å². The largest absolute Gasteiger partial charge is 0.481 e. The van der Waals surface area contributed by atoms with E-state index in [4.69, 9.17) is 10.3 Å². The fraction of sp³-hybridized carbons (Fsp3) is 0.357. The number of hydrogen-bond donors (Lipinski definition) is 3. The Morgan fingerprint density at radius 2 is 1.80 bits per heavy atom. The smallest absolute Gasteiger partial charge is 0.303 e. The first kappa shape index (κ1) is 15.7. The van der Waals surface area contributed by atoms with Crippen LogP contribution in [0.4, 0.5) is 5.69 Å². The zero-order valence-corrected chi connectivity index (χ0v) is 11.3. The van der Waals surface area contributed by atoms with E-state index in [1.807, 2.05) is 6.92 Å². The maximum absolute atomic E-state index is 11.4. The molecular weight excluding hydrogens is 260 g/mol. The van der Waals surface area contributed by atoms with Crippen molar-refractivity contribution < 1.29 is 19.9 Å². The third-order valence-electron chi connectivity index (χ3n) is 2.68. The van der Waals surface area contributed by atoms with Crippen molar-refractivity contribution in [1.29, 1.82) is 0 Å². The molecule has 0 saturated heterocycles. The lowest BCUT2D eigenvalue weighted by Crippen LogP contribution is -2.11. The zero-order chi connectivity index (χ0) is 15.0. The van der Waals surface area contributed by atoms with Crippen LogP contribution in [0.25, 0.3) is 0 Å². The van der Waals surface area contributed by atoms with Gasteiger partial charge in [0.05, 0.1) is 12.1 Å².